The standard InChI is InChI=1S/C16H26N2O3S/c1-4-5-12-17(2)16(19)14-18(22(3,20)21)13-11-15-9-7-6-8-10-15/h6-10H,4-5,11-14H2,1-3H3. The molecule has 1 aromatic rings. The van der Waals surface area contributed by atoms with Crippen molar-refractivity contribution in [3.63, 3.8) is 0 Å². The van der Waals surface area contributed by atoms with Crippen LogP contribution in [-0.2, 0) is 21.2 Å². The summed E-state index contributed by atoms with van der Waals surface area (Å²) in [5, 5.41) is 0. The van der Waals surface area contributed by atoms with Crippen LogP contribution in [0.5, 0.6) is 0 Å². The minimum atomic E-state index is -3.40. The zero-order valence-electron chi connectivity index (χ0n) is 13.7. The van der Waals surface area contributed by atoms with Gasteiger partial charge in [0.2, 0.25) is 15.9 Å². The van der Waals surface area contributed by atoms with Gasteiger partial charge in [-0.05, 0) is 18.4 Å². The van der Waals surface area contributed by atoms with E-state index in [1.54, 1.807) is 11.9 Å². The van der Waals surface area contributed by atoms with Crippen molar-refractivity contribution >= 4 is 15.9 Å². The van der Waals surface area contributed by atoms with Crippen molar-refractivity contribution in [2.75, 3.05) is 32.9 Å². The van der Waals surface area contributed by atoms with Crippen LogP contribution in [-0.4, -0.2) is 56.5 Å². The summed E-state index contributed by atoms with van der Waals surface area (Å²) in [6.45, 7) is 2.94. The van der Waals surface area contributed by atoms with E-state index >= 15 is 0 Å². The molecule has 5 nitrogen and oxygen atoms in total. The lowest BCUT2D eigenvalue weighted by Gasteiger charge is -2.23. The molecule has 22 heavy (non-hydrogen) atoms. The van der Waals surface area contributed by atoms with Gasteiger partial charge < -0.3 is 4.90 Å². The molecule has 6 heteroatoms. The third-order valence-electron chi connectivity index (χ3n) is 3.55. The number of unbranched alkanes of at least 4 members (excludes halogenated alkanes) is 1. The maximum absolute atomic E-state index is 12.1. The fourth-order valence-corrected chi connectivity index (χ4v) is 2.82. The third kappa shape index (κ3) is 6.58. The van der Waals surface area contributed by atoms with E-state index < -0.39 is 10.0 Å². The number of amides is 1. The number of sulfonamides is 1. The summed E-state index contributed by atoms with van der Waals surface area (Å²) in [4.78, 5) is 13.7. The van der Waals surface area contributed by atoms with Crippen LogP contribution in [0.3, 0.4) is 0 Å². The summed E-state index contributed by atoms with van der Waals surface area (Å²) < 4.78 is 25.0. The first-order valence-electron chi connectivity index (χ1n) is 7.57. The van der Waals surface area contributed by atoms with Gasteiger partial charge in [-0.15, -0.1) is 0 Å². The molecule has 0 fully saturated rings. The molecule has 0 aliphatic rings. The maximum atomic E-state index is 12.1. The fraction of sp³-hybridized carbons (Fsp3) is 0.562. The fourth-order valence-electron chi connectivity index (χ4n) is 2.05. The quantitative estimate of drug-likeness (QED) is 0.695. The van der Waals surface area contributed by atoms with Crippen molar-refractivity contribution in [1.29, 1.82) is 0 Å². The molecule has 1 rings (SSSR count). The Morgan fingerprint density at radius 3 is 2.32 bits per heavy atom. The molecule has 0 aliphatic carbocycles. The Kier molecular flexibility index (Phi) is 7.55. The summed E-state index contributed by atoms with van der Waals surface area (Å²) >= 11 is 0. The van der Waals surface area contributed by atoms with Gasteiger partial charge in [0.15, 0.2) is 0 Å². The molecule has 1 aromatic carbocycles. The van der Waals surface area contributed by atoms with Gasteiger partial charge in [0.25, 0.3) is 0 Å². The summed E-state index contributed by atoms with van der Waals surface area (Å²) in [7, 11) is -1.68. The Morgan fingerprint density at radius 2 is 1.77 bits per heavy atom. The highest BCUT2D eigenvalue weighted by Gasteiger charge is 2.21. The van der Waals surface area contributed by atoms with Crippen LogP contribution in [0.15, 0.2) is 30.3 Å². The van der Waals surface area contributed by atoms with Gasteiger partial charge in [0.1, 0.15) is 0 Å². The topological polar surface area (TPSA) is 57.7 Å². The second-order valence-corrected chi connectivity index (χ2v) is 7.48. The van der Waals surface area contributed by atoms with Crippen LogP contribution >= 0.6 is 0 Å². The predicted octanol–water partition coefficient (Wildman–Crippen LogP) is 1.75. The van der Waals surface area contributed by atoms with Crippen LogP contribution in [0.2, 0.25) is 0 Å². The third-order valence-corrected chi connectivity index (χ3v) is 4.80. The SMILES string of the molecule is CCCCN(C)C(=O)CN(CCc1ccccc1)S(C)(=O)=O. The van der Waals surface area contributed by atoms with Crippen molar-refractivity contribution in [2.45, 2.75) is 26.2 Å². The van der Waals surface area contributed by atoms with Gasteiger partial charge in [0.05, 0.1) is 12.8 Å². The van der Waals surface area contributed by atoms with Crippen LogP contribution in [0, 0.1) is 0 Å². The Bertz CT molecular complexity index is 558. The number of rotatable bonds is 9. The van der Waals surface area contributed by atoms with E-state index in [1.807, 2.05) is 30.3 Å². The van der Waals surface area contributed by atoms with E-state index in [9.17, 15) is 13.2 Å². The van der Waals surface area contributed by atoms with Crippen molar-refractivity contribution in [1.82, 2.24) is 9.21 Å². The highest BCUT2D eigenvalue weighted by molar-refractivity contribution is 7.88. The number of likely N-dealkylation sites (N-methyl/N-ethyl adjacent to an activating group) is 1. The summed E-state index contributed by atoms with van der Waals surface area (Å²) in [5.74, 6) is -0.160. The Morgan fingerprint density at radius 1 is 1.14 bits per heavy atom. The first kappa shape index (κ1) is 18.6. The predicted molar refractivity (Wildman–Crippen MR) is 89.1 cm³/mol. The number of benzene rings is 1. The van der Waals surface area contributed by atoms with Crippen molar-refractivity contribution in [3.8, 4) is 0 Å². The monoisotopic (exact) mass is 326 g/mol. The van der Waals surface area contributed by atoms with Crippen molar-refractivity contribution in [2.24, 2.45) is 0 Å². The molecule has 0 saturated carbocycles. The molecule has 124 valence electrons. The Labute approximate surface area is 134 Å². The molecule has 0 spiro atoms. The van der Waals surface area contributed by atoms with Gasteiger partial charge in [-0.25, -0.2) is 8.42 Å². The zero-order chi connectivity index (χ0) is 16.6. The number of carbonyl (C=O) groups excluding carboxylic acids is 1. The molecule has 1 amide bonds. The molecular formula is C16H26N2O3S. The van der Waals surface area contributed by atoms with E-state index in [1.165, 1.54) is 4.31 Å². The minimum absolute atomic E-state index is 0.0914. The largest absolute Gasteiger partial charge is 0.345 e. The molecule has 0 aliphatic heterocycles. The van der Waals surface area contributed by atoms with Crippen molar-refractivity contribution < 1.29 is 13.2 Å². The molecule has 0 heterocycles. The average molecular weight is 326 g/mol. The smallest absolute Gasteiger partial charge is 0.237 e. The zero-order valence-corrected chi connectivity index (χ0v) is 14.5. The average Bonchev–Trinajstić information content (AvgIpc) is 2.48. The number of nitrogens with zero attached hydrogens (tertiary/aromatic N) is 2. The Hall–Kier alpha value is -1.40. The van der Waals surface area contributed by atoms with Gasteiger partial charge in [0, 0.05) is 20.1 Å². The second kappa shape index (κ2) is 8.90. The highest BCUT2D eigenvalue weighted by atomic mass is 32.2. The Balaban J connectivity index is 2.64. The van der Waals surface area contributed by atoms with E-state index in [2.05, 4.69) is 6.92 Å². The second-order valence-electron chi connectivity index (χ2n) is 5.50. The van der Waals surface area contributed by atoms with Gasteiger partial charge >= 0.3 is 0 Å². The molecule has 0 radical (unpaired) electrons. The number of carbonyl (C=O) groups is 1. The first-order valence-corrected chi connectivity index (χ1v) is 9.42. The van der Waals surface area contributed by atoms with Crippen LogP contribution in [0.25, 0.3) is 0 Å². The lowest BCUT2D eigenvalue weighted by atomic mass is 10.1. The summed E-state index contributed by atoms with van der Waals surface area (Å²) in [6, 6.07) is 9.67. The minimum Gasteiger partial charge on any atom is -0.345 e. The van der Waals surface area contributed by atoms with Gasteiger partial charge in [-0.1, -0.05) is 43.7 Å². The van der Waals surface area contributed by atoms with Crippen LogP contribution in [0.1, 0.15) is 25.3 Å². The van der Waals surface area contributed by atoms with E-state index in [4.69, 9.17) is 0 Å². The van der Waals surface area contributed by atoms with Gasteiger partial charge in [-0.2, -0.15) is 4.31 Å². The van der Waals surface area contributed by atoms with Crippen molar-refractivity contribution in [3.05, 3.63) is 35.9 Å². The van der Waals surface area contributed by atoms with E-state index in [-0.39, 0.29) is 12.5 Å². The maximum Gasteiger partial charge on any atom is 0.237 e. The van der Waals surface area contributed by atoms with Crippen LogP contribution < -0.4 is 0 Å². The molecule has 0 unspecified atom stereocenters. The highest BCUT2D eigenvalue weighted by Crippen LogP contribution is 2.06. The number of hydrogen-bond acceptors (Lipinski definition) is 3. The molecule has 0 N–H and O–H groups in total. The molecule has 0 bridgehead atoms. The van der Waals surface area contributed by atoms with Gasteiger partial charge in [-0.3, -0.25) is 4.79 Å². The number of hydrogen-bond donors (Lipinski definition) is 0. The summed E-state index contributed by atoms with van der Waals surface area (Å²) in [5.41, 5.74) is 1.06. The molecule has 0 aromatic heterocycles. The van der Waals surface area contributed by atoms with E-state index in [0.717, 1.165) is 24.7 Å². The lowest BCUT2D eigenvalue weighted by Crippen LogP contribution is -2.42. The molecular weight excluding hydrogens is 300 g/mol. The first-order chi connectivity index (χ1) is 10.3. The molecule has 0 saturated heterocycles. The van der Waals surface area contributed by atoms with E-state index in [0.29, 0.717) is 19.5 Å². The lowest BCUT2D eigenvalue weighted by molar-refractivity contribution is -0.130. The normalized spacial score (nSPS) is 11.6. The van der Waals surface area contributed by atoms with Crippen LogP contribution in [0.4, 0.5) is 0 Å². The molecule has 0 atom stereocenters. The summed E-state index contributed by atoms with van der Waals surface area (Å²) in [6.07, 6.45) is 3.67.